The van der Waals surface area contributed by atoms with Crippen molar-refractivity contribution in [2.75, 3.05) is 19.6 Å². The largest absolute Gasteiger partial charge is 0.393 e. The molecule has 0 radical (unpaired) electrons. The van der Waals surface area contributed by atoms with Gasteiger partial charge in [0.05, 0.1) is 10.8 Å². The number of likely N-dealkylation sites (tertiary alicyclic amines) is 1. The van der Waals surface area contributed by atoms with Crippen molar-refractivity contribution in [3.8, 4) is 0 Å². The number of sulfonamides is 1. The van der Waals surface area contributed by atoms with Crippen LogP contribution in [0.3, 0.4) is 0 Å². The Morgan fingerprint density at radius 3 is 2.36 bits per heavy atom. The summed E-state index contributed by atoms with van der Waals surface area (Å²) in [6.07, 6.45) is -2.48. The molecule has 2 fully saturated rings. The van der Waals surface area contributed by atoms with Crippen LogP contribution in [0.15, 0.2) is 33.6 Å². The normalized spacial score (nSPS) is 24.9. The van der Waals surface area contributed by atoms with Gasteiger partial charge in [-0.25, -0.2) is 8.42 Å². The first kappa shape index (κ1) is 21.6. The monoisotopic (exact) mass is 482 g/mol. The fraction of sp³-hybridized carbons (Fsp3) is 0.611. The second-order valence-electron chi connectivity index (χ2n) is 7.25. The maximum absolute atomic E-state index is 13.1. The average Bonchev–Trinajstić information content (AvgIpc) is 2.67. The highest BCUT2D eigenvalue weighted by Gasteiger charge is 2.45. The maximum Gasteiger partial charge on any atom is 0.393 e. The molecule has 10 heteroatoms. The van der Waals surface area contributed by atoms with E-state index in [1.165, 1.54) is 21.3 Å². The third-order valence-electron chi connectivity index (χ3n) is 5.35. The lowest BCUT2D eigenvalue weighted by Crippen LogP contribution is -2.55. The van der Waals surface area contributed by atoms with Crippen LogP contribution in [0.5, 0.6) is 0 Å². The van der Waals surface area contributed by atoms with Crippen LogP contribution in [0.25, 0.3) is 0 Å². The lowest BCUT2D eigenvalue weighted by atomic mass is 9.95. The number of carbonyl (C=O) groups excluding carboxylic acids is 1. The topological polar surface area (TPSA) is 57.7 Å². The van der Waals surface area contributed by atoms with Crippen molar-refractivity contribution in [1.82, 2.24) is 9.21 Å². The molecule has 1 amide bonds. The molecule has 2 atom stereocenters. The number of hydrogen-bond donors (Lipinski definition) is 0. The van der Waals surface area contributed by atoms with Crippen LogP contribution < -0.4 is 0 Å². The third kappa shape index (κ3) is 4.54. The number of piperidine rings is 2. The second-order valence-corrected chi connectivity index (χ2v) is 10.1. The molecular weight excluding hydrogens is 461 g/mol. The lowest BCUT2D eigenvalue weighted by Gasteiger charge is -2.40. The Hall–Kier alpha value is -1.13. The van der Waals surface area contributed by atoms with Gasteiger partial charge in [-0.15, -0.1) is 0 Å². The van der Waals surface area contributed by atoms with Crippen molar-refractivity contribution in [3.63, 3.8) is 0 Å². The molecule has 0 bridgehead atoms. The molecule has 3 rings (SSSR count). The molecule has 0 aromatic heterocycles. The number of nitrogens with zero attached hydrogens (tertiary/aromatic N) is 2. The second kappa shape index (κ2) is 8.31. The summed E-state index contributed by atoms with van der Waals surface area (Å²) in [5.74, 6) is -2.07. The van der Waals surface area contributed by atoms with E-state index in [1.54, 1.807) is 12.1 Å². The van der Waals surface area contributed by atoms with Gasteiger partial charge in [-0.3, -0.25) is 4.79 Å². The van der Waals surface area contributed by atoms with Crippen molar-refractivity contribution < 1.29 is 26.4 Å². The molecule has 156 valence electrons. The zero-order valence-corrected chi connectivity index (χ0v) is 17.6. The quantitative estimate of drug-likeness (QED) is 0.658. The Kier molecular flexibility index (Phi) is 6.41. The van der Waals surface area contributed by atoms with E-state index in [1.807, 2.05) is 0 Å². The van der Waals surface area contributed by atoms with Crippen LogP contribution in [0.4, 0.5) is 13.2 Å². The first-order chi connectivity index (χ1) is 13.1. The molecule has 2 heterocycles. The molecule has 0 unspecified atom stereocenters. The van der Waals surface area contributed by atoms with E-state index < -0.39 is 40.6 Å². The number of rotatable bonds is 3. The molecule has 0 spiro atoms. The van der Waals surface area contributed by atoms with Crippen molar-refractivity contribution in [2.24, 2.45) is 5.92 Å². The summed E-state index contributed by atoms with van der Waals surface area (Å²) in [6.45, 7) is 0.0183. The van der Waals surface area contributed by atoms with E-state index in [0.717, 1.165) is 4.47 Å². The molecule has 1 aromatic rings. The Labute approximate surface area is 171 Å². The Bertz CT molecular complexity index is 814. The van der Waals surface area contributed by atoms with Crippen LogP contribution in [0.1, 0.15) is 32.1 Å². The molecule has 2 aliphatic rings. The van der Waals surface area contributed by atoms with E-state index >= 15 is 0 Å². The molecule has 2 aliphatic heterocycles. The number of alkyl halides is 3. The van der Waals surface area contributed by atoms with Gasteiger partial charge < -0.3 is 4.90 Å². The summed E-state index contributed by atoms with van der Waals surface area (Å²) >= 11 is 3.26. The Morgan fingerprint density at radius 1 is 1.04 bits per heavy atom. The predicted octanol–water partition coefficient (Wildman–Crippen LogP) is 3.79. The number of hydrogen-bond acceptors (Lipinski definition) is 3. The Morgan fingerprint density at radius 2 is 1.71 bits per heavy atom. The minimum atomic E-state index is -4.35. The van der Waals surface area contributed by atoms with Crippen LogP contribution in [0, 0.1) is 5.92 Å². The minimum absolute atomic E-state index is 0.00114. The van der Waals surface area contributed by atoms with Gasteiger partial charge in [0.1, 0.15) is 6.04 Å². The zero-order valence-electron chi connectivity index (χ0n) is 15.2. The number of amides is 1. The van der Waals surface area contributed by atoms with Gasteiger partial charge in [0.15, 0.2) is 0 Å². The van der Waals surface area contributed by atoms with Gasteiger partial charge in [-0.1, -0.05) is 22.4 Å². The highest BCUT2D eigenvalue weighted by molar-refractivity contribution is 9.10. The van der Waals surface area contributed by atoms with Gasteiger partial charge >= 0.3 is 6.18 Å². The molecule has 0 saturated carbocycles. The standard InChI is InChI=1S/C18H22BrF3N2O3S/c19-14-6-8-15(9-7-14)28(26,27)24-11-2-1-5-16(24)17(25)23-10-3-4-13(12-23)18(20,21)22/h6-9,13,16H,1-5,10-12H2/t13-,16+/m1/s1. The lowest BCUT2D eigenvalue weighted by molar-refractivity contribution is -0.188. The summed E-state index contributed by atoms with van der Waals surface area (Å²) in [5, 5.41) is 0. The van der Waals surface area contributed by atoms with Crippen LogP contribution in [-0.2, 0) is 14.8 Å². The molecular formula is C18H22BrF3N2O3S. The highest BCUT2D eigenvalue weighted by Crippen LogP contribution is 2.34. The van der Waals surface area contributed by atoms with Gasteiger partial charge in [0.25, 0.3) is 0 Å². The summed E-state index contributed by atoms with van der Waals surface area (Å²) in [6, 6.07) is 5.17. The minimum Gasteiger partial charge on any atom is -0.341 e. The van der Waals surface area contributed by atoms with Crippen LogP contribution in [0.2, 0.25) is 0 Å². The summed E-state index contributed by atoms with van der Waals surface area (Å²) in [7, 11) is -3.91. The maximum atomic E-state index is 13.1. The zero-order chi connectivity index (χ0) is 20.5. The Balaban J connectivity index is 1.83. The first-order valence-electron chi connectivity index (χ1n) is 9.23. The van der Waals surface area contributed by atoms with E-state index in [2.05, 4.69) is 15.9 Å². The van der Waals surface area contributed by atoms with E-state index in [4.69, 9.17) is 0 Å². The van der Waals surface area contributed by atoms with Crippen LogP contribution in [-0.4, -0.2) is 55.4 Å². The van der Waals surface area contributed by atoms with Crippen molar-refractivity contribution in [1.29, 1.82) is 0 Å². The average molecular weight is 483 g/mol. The number of benzene rings is 1. The van der Waals surface area contributed by atoms with Crippen molar-refractivity contribution >= 4 is 31.9 Å². The summed E-state index contributed by atoms with van der Waals surface area (Å²) in [4.78, 5) is 14.3. The fourth-order valence-corrected chi connectivity index (χ4v) is 5.75. The SMILES string of the molecule is O=C([C@@H]1CCCCN1S(=O)(=O)c1ccc(Br)cc1)N1CCC[C@@H](C(F)(F)F)C1. The summed E-state index contributed by atoms with van der Waals surface area (Å²) in [5.41, 5.74) is 0. The number of carbonyl (C=O) groups is 1. The van der Waals surface area contributed by atoms with E-state index in [0.29, 0.717) is 19.3 Å². The molecule has 0 aliphatic carbocycles. The van der Waals surface area contributed by atoms with E-state index in [9.17, 15) is 26.4 Å². The van der Waals surface area contributed by atoms with Crippen LogP contribution >= 0.6 is 15.9 Å². The third-order valence-corrected chi connectivity index (χ3v) is 7.81. The molecule has 28 heavy (non-hydrogen) atoms. The molecule has 1 aromatic carbocycles. The van der Waals surface area contributed by atoms with Gasteiger partial charge in [0, 0.05) is 24.1 Å². The van der Waals surface area contributed by atoms with Gasteiger partial charge in [-0.2, -0.15) is 17.5 Å². The molecule has 5 nitrogen and oxygen atoms in total. The first-order valence-corrected chi connectivity index (χ1v) is 11.5. The van der Waals surface area contributed by atoms with Gasteiger partial charge in [-0.05, 0) is 49.9 Å². The fourth-order valence-electron chi connectivity index (χ4n) is 3.84. The van der Waals surface area contributed by atoms with Gasteiger partial charge in [0.2, 0.25) is 15.9 Å². The highest BCUT2D eigenvalue weighted by atomic mass is 79.9. The molecule has 0 N–H and O–H groups in total. The number of halogens is 4. The van der Waals surface area contributed by atoms with E-state index in [-0.39, 0.29) is 30.8 Å². The smallest absolute Gasteiger partial charge is 0.341 e. The predicted molar refractivity (Wildman–Crippen MR) is 101 cm³/mol. The van der Waals surface area contributed by atoms with Crippen molar-refractivity contribution in [3.05, 3.63) is 28.7 Å². The van der Waals surface area contributed by atoms with Crippen molar-refractivity contribution in [2.45, 2.75) is 49.2 Å². The molecule has 2 saturated heterocycles. The summed E-state index contributed by atoms with van der Waals surface area (Å²) < 4.78 is 67.3.